The van der Waals surface area contributed by atoms with Crippen molar-refractivity contribution in [1.82, 2.24) is 0 Å². The minimum atomic E-state index is -0.572. The number of ether oxygens (including phenoxy) is 1. The third-order valence-corrected chi connectivity index (χ3v) is 3.03. The zero-order valence-corrected chi connectivity index (χ0v) is 11.9. The average Bonchev–Trinajstić information content (AvgIpc) is 2.46. The van der Waals surface area contributed by atoms with Crippen LogP contribution in [0.4, 0.5) is 16.2 Å². The van der Waals surface area contributed by atoms with Crippen LogP contribution in [0.2, 0.25) is 0 Å². The monoisotopic (exact) mass is 285 g/mol. The summed E-state index contributed by atoms with van der Waals surface area (Å²) < 4.78 is 5.19. The van der Waals surface area contributed by atoms with Gasteiger partial charge in [-0.3, -0.25) is 0 Å². The minimum absolute atomic E-state index is 0.572. The molecule has 0 bridgehead atoms. The van der Waals surface area contributed by atoms with E-state index in [0.29, 0.717) is 18.8 Å². The van der Waals surface area contributed by atoms with Gasteiger partial charge in [-0.05, 0) is 29.3 Å². The molecular formula is C16H19N3O2. The Morgan fingerprint density at radius 1 is 1.10 bits per heavy atom. The van der Waals surface area contributed by atoms with Gasteiger partial charge in [-0.1, -0.05) is 30.3 Å². The highest BCUT2D eigenvalue weighted by molar-refractivity contribution is 5.88. The Kier molecular flexibility index (Phi) is 5.17. The Labute approximate surface area is 124 Å². The first-order valence-corrected chi connectivity index (χ1v) is 6.65. The molecule has 0 saturated carbocycles. The lowest BCUT2D eigenvalue weighted by molar-refractivity contribution is 0.184. The summed E-state index contributed by atoms with van der Waals surface area (Å²) in [5.74, 6) is 0. The molecule has 2 aromatic rings. The molecule has 0 atom stereocenters. The Bertz CT molecular complexity index is 614. The Balaban J connectivity index is 2.04. The van der Waals surface area contributed by atoms with Gasteiger partial charge in [0.15, 0.2) is 0 Å². The molecule has 0 spiro atoms. The number of carbonyl (C=O) groups is 1. The van der Waals surface area contributed by atoms with Crippen molar-refractivity contribution in [2.75, 3.05) is 17.7 Å². The molecular weight excluding hydrogens is 266 g/mol. The lowest BCUT2D eigenvalue weighted by Crippen LogP contribution is -2.19. The van der Waals surface area contributed by atoms with Crippen molar-refractivity contribution in [2.45, 2.75) is 13.2 Å². The Morgan fingerprint density at radius 2 is 1.81 bits per heavy atom. The molecule has 0 fully saturated rings. The summed E-state index contributed by atoms with van der Waals surface area (Å²) in [5.41, 5.74) is 9.01. The number of anilines is 2. The fourth-order valence-electron chi connectivity index (χ4n) is 2.07. The summed E-state index contributed by atoms with van der Waals surface area (Å²) in [6, 6.07) is 14.9. The van der Waals surface area contributed by atoms with Crippen LogP contribution in [0, 0.1) is 0 Å². The first kappa shape index (κ1) is 14.9. The quantitative estimate of drug-likeness (QED) is 0.763. The van der Waals surface area contributed by atoms with Crippen LogP contribution in [0.15, 0.2) is 48.5 Å². The Hall–Kier alpha value is -2.53. The van der Waals surface area contributed by atoms with E-state index in [-0.39, 0.29) is 0 Å². The van der Waals surface area contributed by atoms with Crippen molar-refractivity contribution in [2.24, 2.45) is 5.73 Å². The predicted molar refractivity (Wildman–Crippen MR) is 84.1 cm³/mol. The molecule has 4 N–H and O–H groups in total. The fraction of sp³-hybridized carbons (Fsp3) is 0.188. The molecule has 21 heavy (non-hydrogen) atoms. The summed E-state index contributed by atoms with van der Waals surface area (Å²) in [5, 5.41) is 5.88. The van der Waals surface area contributed by atoms with Gasteiger partial charge in [0, 0.05) is 25.0 Å². The molecule has 0 aliphatic rings. The van der Waals surface area contributed by atoms with E-state index in [2.05, 4.69) is 16.7 Å². The molecule has 0 aromatic heterocycles. The summed E-state index contributed by atoms with van der Waals surface area (Å²) >= 11 is 0. The summed E-state index contributed by atoms with van der Waals surface area (Å²) in [6.45, 7) is 1.26. The number of urea groups is 1. The topological polar surface area (TPSA) is 76.4 Å². The van der Waals surface area contributed by atoms with Crippen LogP contribution in [0.3, 0.4) is 0 Å². The summed E-state index contributed by atoms with van der Waals surface area (Å²) in [7, 11) is 1.68. The van der Waals surface area contributed by atoms with E-state index in [1.165, 1.54) is 5.56 Å². The molecule has 0 saturated heterocycles. The van der Waals surface area contributed by atoms with Gasteiger partial charge < -0.3 is 21.1 Å². The molecule has 0 heterocycles. The zero-order valence-electron chi connectivity index (χ0n) is 11.9. The second-order valence-electron chi connectivity index (χ2n) is 4.63. The van der Waals surface area contributed by atoms with E-state index in [0.717, 1.165) is 11.3 Å². The molecule has 0 radical (unpaired) electrons. The van der Waals surface area contributed by atoms with Crippen LogP contribution in [0.5, 0.6) is 0 Å². The highest BCUT2D eigenvalue weighted by Gasteiger charge is 2.02. The van der Waals surface area contributed by atoms with Gasteiger partial charge in [0.05, 0.1) is 6.61 Å². The fourth-order valence-corrected chi connectivity index (χ4v) is 2.07. The van der Waals surface area contributed by atoms with E-state index in [1.807, 2.05) is 36.4 Å². The van der Waals surface area contributed by atoms with Gasteiger partial charge >= 0.3 is 6.03 Å². The van der Waals surface area contributed by atoms with Gasteiger partial charge in [0.2, 0.25) is 0 Å². The largest absolute Gasteiger partial charge is 0.381 e. The van der Waals surface area contributed by atoms with Gasteiger partial charge in [-0.25, -0.2) is 4.79 Å². The number of hydrogen-bond donors (Lipinski definition) is 3. The third-order valence-electron chi connectivity index (χ3n) is 3.03. The molecule has 5 heteroatoms. The van der Waals surface area contributed by atoms with Crippen LogP contribution in [-0.4, -0.2) is 13.1 Å². The number of methoxy groups -OCH3 is 1. The normalized spacial score (nSPS) is 10.1. The van der Waals surface area contributed by atoms with Crippen LogP contribution in [-0.2, 0) is 17.9 Å². The van der Waals surface area contributed by atoms with Crippen LogP contribution in [0.25, 0.3) is 0 Å². The lowest BCUT2D eigenvalue weighted by atomic mass is 10.1. The number of amides is 2. The van der Waals surface area contributed by atoms with E-state index in [9.17, 15) is 4.79 Å². The van der Waals surface area contributed by atoms with E-state index in [1.54, 1.807) is 13.2 Å². The van der Waals surface area contributed by atoms with Crippen molar-refractivity contribution in [3.8, 4) is 0 Å². The molecule has 5 nitrogen and oxygen atoms in total. The van der Waals surface area contributed by atoms with Crippen LogP contribution < -0.4 is 16.4 Å². The second-order valence-corrected chi connectivity index (χ2v) is 4.63. The highest BCUT2D eigenvalue weighted by Crippen LogP contribution is 2.17. The number of primary amides is 1. The standard InChI is InChI=1S/C16H19N3O2/c1-21-11-13-6-3-2-5-12(13)10-18-14-7-4-8-15(9-14)19-16(17)20/h2-9,18H,10-11H2,1H3,(H3,17,19,20). The molecule has 0 aliphatic heterocycles. The van der Waals surface area contributed by atoms with E-state index >= 15 is 0 Å². The smallest absolute Gasteiger partial charge is 0.316 e. The minimum Gasteiger partial charge on any atom is -0.381 e. The van der Waals surface area contributed by atoms with E-state index in [4.69, 9.17) is 10.5 Å². The average molecular weight is 285 g/mol. The van der Waals surface area contributed by atoms with Crippen molar-refractivity contribution in [3.05, 3.63) is 59.7 Å². The molecule has 2 rings (SSSR count). The maximum atomic E-state index is 10.9. The Morgan fingerprint density at radius 3 is 2.52 bits per heavy atom. The van der Waals surface area contributed by atoms with Gasteiger partial charge in [-0.15, -0.1) is 0 Å². The second kappa shape index (κ2) is 7.31. The molecule has 2 aromatic carbocycles. The number of hydrogen-bond acceptors (Lipinski definition) is 3. The number of nitrogens with one attached hydrogen (secondary N) is 2. The predicted octanol–water partition coefficient (Wildman–Crippen LogP) is 2.94. The summed E-state index contributed by atoms with van der Waals surface area (Å²) in [6.07, 6.45) is 0. The van der Waals surface area contributed by atoms with Crippen LogP contribution in [0.1, 0.15) is 11.1 Å². The molecule has 2 amide bonds. The number of nitrogens with two attached hydrogens (primary N) is 1. The SMILES string of the molecule is COCc1ccccc1CNc1cccc(NC(N)=O)c1. The lowest BCUT2D eigenvalue weighted by Gasteiger charge is -2.12. The van der Waals surface area contributed by atoms with Crippen molar-refractivity contribution >= 4 is 17.4 Å². The maximum Gasteiger partial charge on any atom is 0.316 e. The van der Waals surface area contributed by atoms with Crippen molar-refractivity contribution in [3.63, 3.8) is 0 Å². The first-order chi connectivity index (χ1) is 10.2. The van der Waals surface area contributed by atoms with Crippen molar-refractivity contribution in [1.29, 1.82) is 0 Å². The van der Waals surface area contributed by atoms with Gasteiger partial charge in [-0.2, -0.15) is 0 Å². The molecule has 0 unspecified atom stereocenters. The number of carbonyl (C=O) groups excluding carboxylic acids is 1. The maximum absolute atomic E-state index is 10.9. The molecule has 110 valence electrons. The highest BCUT2D eigenvalue weighted by atomic mass is 16.5. The number of benzene rings is 2. The molecule has 0 aliphatic carbocycles. The third kappa shape index (κ3) is 4.50. The zero-order chi connectivity index (χ0) is 15.1. The van der Waals surface area contributed by atoms with Crippen LogP contribution >= 0.6 is 0 Å². The van der Waals surface area contributed by atoms with Crippen molar-refractivity contribution < 1.29 is 9.53 Å². The first-order valence-electron chi connectivity index (χ1n) is 6.65. The van der Waals surface area contributed by atoms with Gasteiger partial charge in [0.1, 0.15) is 0 Å². The number of rotatable bonds is 6. The van der Waals surface area contributed by atoms with Gasteiger partial charge in [0.25, 0.3) is 0 Å². The van der Waals surface area contributed by atoms with E-state index < -0.39 is 6.03 Å². The summed E-state index contributed by atoms with van der Waals surface area (Å²) in [4.78, 5) is 10.9.